The quantitative estimate of drug-likeness (QED) is 0.628. The summed E-state index contributed by atoms with van der Waals surface area (Å²) in [4.78, 5) is 1.34. The van der Waals surface area contributed by atoms with Crippen molar-refractivity contribution >= 4 is 43.2 Å². The monoisotopic (exact) mass is 376 g/mol. The van der Waals surface area contributed by atoms with E-state index in [1.807, 2.05) is 12.1 Å². The van der Waals surface area contributed by atoms with Crippen molar-refractivity contribution in [2.45, 2.75) is 12.3 Å². The van der Waals surface area contributed by atoms with Gasteiger partial charge in [0.25, 0.3) is 0 Å². The van der Waals surface area contributed by atoms with Gasteiger partial charge in [0, 0.05) is 10.2 Å². The summed E-state index contributed by atoms with van der Waals surface area (Å²) in [6.45, 7) is 0. The highest BCUT2D eigenvalue weighted by atomic mass is 79.9. The minimum absolute atomic E-state index is 0.180. The summed E-state index contributed by atoms with van der Waals surface area (Å²) < 4.78 is 14.0. The number of benzene rings is 1. The first kappa shape index (κ1) is 13.2. The Hall–Kier alpha value is -0.190. The summed E-state index contributed by atoms with van der Waals surface area (Å²) in [6.07, 6.45) is 0.979. The van der Waals surface area contributed by atoms with E-state index >= 15 is 0 Å². The van der Waals surface area contributed by atoms with Crippen LogP contribution in [0.15, 0.2) is 40.2 Å². The van der Waals surface area contributed by atoms with Crippen molar-refractivity contribution in [3.63, 3.8) is 0 Å². The third-order valence-electron chi connectivity index (χ3n) is 2.60. The first-order valence-electron chi connectivity index (χ1n) is 5.24. The highest BCUT2D eigenvalue weighted by molar-refractivity contribution is 9.11. The van der Waals surface area contributed by atoms with Gasteiger partial charge in [0.1, 0.15) is 5.82 Å². The highest BCUT2D eigenvalue weighted by Crippen LogP contribution is 2.29. The summed E-state index contributed by atoms with van der Waals surface area (Å²) in [6, 6.07) is 11.0. The first-order chi connectivity index (χ1) is 8.19. The molecule has 2 aromatic rings. The number of rotatable bonds is 4. The molecule has 0 amide bonds. The summed E-state index contributed by atoms with van der Waals surface area (Å²) in [7, 11) is 0. The number of hydrogen-bond donors (Lipinski definition) is 0. The smallest absolute Gasteiger partial charge is 0.123 e. The SMILES string of the molecule is Fc1ccc(C(CBr)Cc2ccc(Br)s2)cc1. The van der Waals surface area contributed by atoms with Crippen LogP contribution in [0.1, 0.15) is 16.4 Å². The van der Waals surface area contributed by atoms with Gasteiger partial charge < -0.3 is 0 Å². The lowest BCUT2D eigenvalue weighted by Crippen LogP contribution is -2.03. The van der Waals surface area contributed by atoms with Crippen molar-refractivity contribution in [1.82, 2.24) is 0 Å². The molecule has 0 aliphatic rings. The third-order valence-corrected chi connectivity index (χ3v) is 5.03. The van der Waals surface area contributed by atoms with E-state index in [2.05, 4.69) is 44.0 Å². The van der Waals surface area contributed by atoms with Gasteiger partial charge in [-0.25, -0.2) is 4.39 Å². The molecule has 4 heteroatoms. The van der Waals surface area contributed by atoms with Crippen LogP contribution >= 0.6 is 43.2 Å². The number of alkyl halides is 1. The fourth-order valence-electron chi connectivity index (χ4n) is 1.70. The van der Waals surface area contributed by atoms with E-state index in [0.717, 1.165) is 15.5 Å². The Kier molecular flexibility index (Phi) is 4.77. The predicted octanol–water partition coefficient (Wildman–Crippen LogP) is 5.37. The summed E-state index contributed by atoms with van der Waals surface area (Å²) in [5.74, 6) is 0.210. The Bertz CT molecular complexity index is 478. The number of halogens is 3. The fraction of sp³-hybridized carbons (Fsp3) is 0.231. The summed E-state index contributed by atoms with van der Waals surface area (Å²) in [5, 5.41) is 0.883. The molecule has 0 saturated carbocycles. The molecule has 0 radical (unpaired) electrons. The minimum Gasteiger partial charge on any atom is -0.207 e. The molecule has 0 nitrogen and oxygen atoms in total. The molecule has 1 atom stereocenters. The van der Waals surface area contributed by atoms with E-state index in [4.69, 9.17) is 0 Å². The van der Waals surface area contributed by atoms with Crippen LogP contribution in [0.2, 0.25) is 0 Å². The normalized spacial score (nSPS) is 12.6. The van der Waals surface area contributed by atoms with Crippen LogP contribution in [0, 0.1) is 5.82 Å². The van der Waals surface area contributed by atoms with E-state index in [1.54, 1.807) is 11.3 Å². The Balaban J connectivity index is 2.13. The molecule has 1 unspecified atom stereocenters. The molecule has 0 bridgehead atoms. The molecule has 0 spiro atoms. The largest absolute Gasteiger partial charge is 0.207 e. The lowest BCUT2D eigenvalue weighted by Gasteiger charge is -2.13. The van der Waals surface area contributed by atoms with Crippen molar-refractivity contribution in [3.05, 3.63) is 56.4 Å². The zero-order valence-electron chi connectivity index (χ0n) is 9.00. The van der Waals surface area contributed by atoms with E-state index in [0.29, 0.717) is 5.92 Å². The molecule has 0 aliphatic carbocycles. The predicted molar refractivity (Wildman–Crippen MR) is 78.7 cm³/mol. The van der Waals surface area contributed by atoms with Gasteiger partial charge in [-0.05, 0) is 58.1 Å². The van der Waals surface area contributed by atoms with Crippen molar-refractivity contribution < 1.29 is 4.39 Å². The second-order valence-electron chi connectivity index (χ2n) is 3.81. The zero-order chi connectivity index (χ0) is 12.3. The van der Waals surface area contributed by atoms with Crippen LogP contribution in [-0.2, 0) is 6.42 Å². The van der Waals surface area contributed by atoms with E-state index < -0.39 is 0 Å². The van der Waals surface area contributed by atoms with Crippen molar-refractivity contribution in [2.75, 3.05) is 5.33 Å². The third kappa shape index (κ3) is 3.63. The van der Waals surface area contributed by atoms with Gasteiger partial charge >= 0.3 is 0 Å². The molecule has 0 aliphatic heterocycles. The molecular formula is C13H11Br2FS. The Morgan fingerprint density at radius 1 is 1.12 bits per heavy atom. The van der Waals surface area contributed by atoms with E-state index in [9.17, 15) is 4.39 Å². The molecular weight excluding hydrogens is 367 g/mol. The number of thiophene rings is 1. The average molecular weight is 378 g/mol. The molecule has 0 fully saturated rings. The molecule has 1 heterocycles. The first-order valence-corrected chi connectivity index (χ1v) is 7.98. The zero-order valence-corrected chi connectivity index (χ0v) is 13.0. The van der Waals surface area contributed by atoms with Gasteiger partial charge in [-0.2, -0.15) is 0 Å². The van der Waals surface area contributed by atoms with Crippen molar-refractivity contribution in [3.8, 4) is 0 Å². The van der Waals surface area contributed by atoms with Gasteiger partial charge in [-0.15, -0.1) is 11.3 Å². The molecule has 90 valence electrons. The maximum atomic E-state index is 12.9. The number of hydrogen-bond acceptors (Lipinski definition) is 1. The fourth-order valence-corrected chi connectivity index (χ4v) is 3.87. The average Bonchev–Trinajstić information content (AvgIpc) is 2.73. The maximum Gasteiger partial charge on any atom is 0.123 e. The minimum atomic E-state index is -0.180. The van der Waals surface area contributed by atoms with Gasteiger partial charge in [-0.3, -0.25) is 0 Å². The second-order valence-corrected chi connectivity index (χ2v) is 7.01. The second kappa shape index (κ2) is 6.12. The Morgan fingerprint density at radius 3 is 2.35 bits per heavy atom. The molecule has 1 aromatic carbocycles. The van der Waals surface area contributed by atoms with Crippen LogP contribution in [0.4, 0.5) is 4.39 Å². The van der Waals surface area contributed by atoms with Crippen LogP contribution in [0.5, 0.6) is 0 Å². The Labute approximate surface area is 121 Å². The van der Waals surface area contributed by atoms with Gasteiger partial charge in [0.2, 0.25) is 0 Å². The van der Waals surface area contributed by atoms with Gasteiger partial charge in [-0.1, -0.05) is 28.1 Å². The summed E-state index contributed by atoms with van der Waals surface area (Å²) in [5.41, 5.74) is 1.17. The van der Waals surface area contributed by atoms with Crippen LogP contribution in [0.25, 0.3) is 0 Å². The van der Waals surface area contributed by atoms with Crippen molar-refractivity contribution in [2.24, 2.45) is 0 Å². The van der Waals surface area contributed by atoms with Crippen LogP contribution < -0.4 is 0 Å². The lowest BCUT2D eigenvalue weighted by atomic mass is 9.97. The van der Waals surface area contributed by atoms with E-state index in [-0.39, 0.29) is 5.82 Å². The van der Waals surface area contributed by atoms with Gasteiger partial charge in [0.05, 0.1) is 3.79 Å². The summed E-state index contributed by atoms with van der Waals surface area (Å²) >= 11 is 8.75. The topological polar surface area (TPSA) is 0 Å². The van der Waals surface area contributed by atoms with Crippen molar-refractivity contribution in [1.29, 1.82) is 0 Å². The molecule has 2 rings (SSSR count). The van der Waals surface area contributed by atoms with Gasteiger partial charge in [0.15, 0.2) is 0 Å². The van der Waals surface area contributed by atoms with Crippen LogP contribution in [-0.4, -0.2) is 5.33 Å². The molecule has 17 heavy (non-hydrogen) atoms. The highest BCUT2D eigenvalue weighted by Gasteiger charge is 2.12. The molecule has 0 N–H and O–H groups in total. The van der Waals surface area contributed by atoms with E-state index in [1.165, 1.54) is 22.6 Å². The van der Waals surface area contributed by atoms with Crippen LogP contribution in [0.3, 0.4) is 0 Å². The maximum absolute atomic E-state index is 12.9. The molecule has 1 aromatic heterocycles. The lowest BCUT2D eigenvalue weighted by molar-refractivity contribution is 0.625. The molecule has 0 saturated heterocycles. The Morgan fingerprint density at radius 2 is 1.82 bits per heavy atom. The standard InChI is InChI=1S/C13H11Br2FS/c14-8-10(7-12-5-6-13(15)17-12)9-1-3-11(16)4-2-9/h1-6,10H,7-8H2.